The molecule has 6 nitrogen and oxygen atoms in total. The van der Waals surface area contributed by atoms with Crippen LogP contribution in [0.25, 0.3) is 0 Å². The van der Waals surface area contributed by atoms with Gasteiger partial charge in [-0.05, 0) is 23.8 Å². The van der Waals surface area contributed by atoms with Crippen LogP contribution in [0, 0.1) is 0 Å². The average molecular weight is 450 g/mol. The number of nitrogens with zero attached hydrogens (tertiary/aromatic N) is 1. The molecule has 0 atom stereocenters. The summed E-state index contributed by atoms with van der Waals surface area (Å²) in [7, 11) is 0. The topological polar surface area (TPSA) is 79.8 Å². The highest BCUT2D eigenvalue weighted by Gasteiger charge is 2.07. The van der Waals surface area contributed by atoms with Gasteiger partial charge in [-0.15, -0.1) is 0 Å². The molecule has 0 unspecified atom stereocenters. The van der Waals surface area contributed by atoms with Gasteiger partial charge in [-0.3, -0.25) is 9.59 Å². The van der Waals surface area contributed by atoms with E-state index in [9.17, 15) is 9.59 Å². The van der Waals surface area contributed by atoms with Crippen molar-refractivity contribution in [2.24, 2.45) is 5.10 Å². The van der Waals surface area contributed by atoms with Gasteiger partial charge in [-0.25, -0.2) is 5.43 Å². The monoisotopic (exact) mass is 449 g/mol. The van der Waals surface area contributed by atoms with Gasteiger partial charge < -0.3 is 10.1 Å². The number of carbonyl (C=O) groups is 2. The summed E-state index contributed by atoms with van der Waals surface area (Å²) in [6.07, 6.45) is 1.64. The molecule has 0 saturated carbocycles. The summed E-state index contributed by atoms with van der Waals surface area (Å²) >= 11 is 6.17. The van der Waals surface area contributed by atoms with E-state index in [0.29, 0.717) is 29.5 Å². The van der Waals surface area contributed by atoms with Crippen molar-refractivity contribution in [1.29, 1.82) is 0 Å². The predicted molar refractivity (Wildman–Crippen MR) is 125 cm³/mol. The molecule has 7 heteroatoms. The standard InChI is InChI=1S/C25H24ClN3O3/c26-22-12-6-4-11-21(22)18-32-23-13-7-5-10-20(23)17-28-29-25(31)15-14-24(30)27-16-19-8-2-1-3-9-19/h1-13,17H,14-16,18H2,(H,27,30)(H,29,31)/b28-17-. The minimum atomic E-state index is -0.342. The summed E-state index contributed by atoms with van der Waals surface area (Å²) in [6.45, 7) is 0.749. The number of para-hydroxylation sites is 1. The minimum Gasteiger partial charge on any atom is -0.488 e. The van der Waals surface area contributed by atoms with Crippen molar-refractivity contribution in [1.82, 2.24) is 10.7 Å². The Labute approximate surface area is 192 Å². The SMILES string of the molecule is O=C(CCC(=O)N/N=C\c1ccccc1OCc1ccccc1Cl)NCc1ccccc1. The largest absolute Gasteiger partial charge is 0.488 e. The van der Waals surface area contributed by atoms with Crippen LogP contribution < -0.4 is 15.5 Å². The molecule has 0 heterocycles. The maximum Gasteiger partial charge on any atom is 0.240 e. The second kappa shape index (κ2) is 12.3. The number of amides is 2. The molecule has 3 aromatic rings. The molecule has 0 fully saturated rings. The predicted octanol–water partition coefficient (Wildman–Crippen LogP) is 4.47. The van der Waals surface area contributed by atoms with E-state index in [4.69, 9.17) is 16.3 Å². The molecule has 0 aliphatic rings. The maximum absolute atomic E-state index is 12.0. The normalized spacial score (nSPS) is 10.7. The zero-order chi connectivity index (χ0) is 22.6. The molecule has 0 aliphatic carbocycles. The quantitative estimate of drug-likeness (QED) is 0.354. The Morgan fingerprint density at radius 2 is 1.56 bits per heavy atom. The van der Waals surface area contributed by atoms with Crippen LogP contribution in [-0.2, 0) is 22.7 Å². The van der Waals surface area contributed by atoms with Gasteiger partial charge in [-0.2, -0.15) is 5.10 Å². The number of rotatable bonds is 10. The molecular weight excluding hydrogens is 426 g/mol. The first kappa shape index (κ1) is 23.0. The fraction of sp³-hybridized carbons (Fsp3) is 0.160. The van der Waals surface area contributed by atoms with Crippen molar-refractivity contribution in [3.63, 3.8) is 0 Å². The Morgan fingerprint density at radius 3 is 2.38 bits per heavy atom. The summed E-state index contributed by atoms with van der Waals surface area (Å²) in [5.74, 6) is 0.0857. The third-order valence-corrected chi connectivity index (χ3v) is 4.93. The molecule has 164 valence electrons. The molecule has 2 N–H and O–H groups in total. The summed E-state index contributed by atoms with van der Waals surface area (Å²) in [5, 5.41) is 7.41. The number of halogens is 1. The lowest BCUT2D eigenvalue weighted by Crippen LogP contribution is -2.25. The molecule has 0 spiro atoms. The number of benzene rings is 3. The number of ether oxygens (including phenoxy) is 1. The van der Waals surface area contributed by atoms with Crippen LogP contribution in [0.3, 0.4) is 0 Å². The Hall–Kier alpha value is -3.64. The van der Waals surface area contributed by atoms with E-state index in [1.807, 2.05) is 78.9 Å². The highest BCUT2D eigenvalue weighted by Crippen LogP contribution is 2.20. The minimum absolute atomic E-state index is 0.0443. The summed E-state index contributed by atoms with van der Waals surface area (Å²) in [6, 6.07) is 24.4. The van der Waals surface area contributed by atoms with Crippen molar-refractivity contribution >= 4 is 29.6 Å². The fourth-order valence-corrected chi connectivity index (χ4v) is 3.02. The second-order valence-electron chi connectivity index (χ2n) is 6.97. The van der Waals surface area contributed by atoms with E-state index in [0.717, 1.165) is 11.1 Å². The Morgan fingerprint density at radius 1 is 0.875 bits per heavy atom. The third-order valence-electron chi connectivity index (χ3n) is 4.56. The van der Waals surface area contributed by atoms with Crippen molar-refractivity contribution in [3.05, 3.63) is 101 Å². The molecule has 3 rings (SSSR count). The van der Waals surface area contributed by atoms with Gasteiger partial charge in [-0.1, -0.05) is 72.3 Å². The number of hydrogen-bond acceptors (Lipinski definition) is 4. The van der Waals surface area contributed by atoms with Gasteiger partial charge >= 0.3 is 0 Å². The first-order chi connectivity index (χ1) is 15.6. The molecule has 0 saturated heterocycles. The molecule has 0 aliphatic heterocycles. The van der Waals surface area contributed by atoms with Crippen molar-refractivity contribution < 1.29 is 14.3 Å². The Balaban J connectivity index is 1.43. The number of hydrazone groups is 1. The highest BCUT2D eigenvalue weighted by atomic mass is 35.5. The summed E-state index contributed by atoms with van der Waals surface area (Å²) < 4.78 is 5.86. The van der Waals surface area contributed by atoms with E-state index < -0.39 is 0 Å². The lowest BCUT2D eigenvalue weighted by molar-refractivity contribution is -0.126. The summed E-state index contributed by atoms with van der Waals surface area (Å²) in [4.78, 5) is 23.9. The number of carbonyl (C=O) groups excluding carboxylic acids is 2. The van der Waals surface area contributed by atoms with Gasteiger partial charge in [0.1, 0.15) is 12.4 Å². The molecular formula is C25H24ClN3O3. The van der Waals surface area contributed by atoms with E-state index in [2.05, 4.69) is 15.8 Å². The van der Waals surface area contributed by atoms with Crippen molar-refractivity contribution in [2.45, 2.75) is 26.0 Å². The molecule has 3 aromatic carbocycles. The smallest absolute Gasteiger partial charge is 0.240 e. The van der Waals surface area contributed by atoms with Crippen LogP contribution in [-0.4, -0.2) is 18.0 Å². The fourth-order valence-electron chi connectivity index (χ4n) is 2.83. The van der Waals surface area contributed by atoms with E-state index in [1.165, 1.54) is 6.21 Å². The first-order valence-electron chi connectivity index (χ1n) is 10.2. The Bertz CT molecular complexity index is 1070. The zero-order valence-corrected chi connectivity index (χ0v) is 18.2. The number of hydrogen-bond donors (Lipinski definition) is 2. The van der Waals surface area contributed by atoms with Crippen molar-refractivity contribution in [2.75, 3.05) is 0 Å². The maximum atomic E-state index is 12.0. The van der Waals surface area contributed by atoms with E-state index in [1.54, 1.807) is 0 Å². The Kier molecular flexibility index (Phi) is 8.83. The van der Waals surface area contributed by atoms with Crippen LogP contribution in [0.1, 0.15) is 29.5 Å². The lowest BCUT2D eigenvalue weighted by atomic mass is 10.2. The second-order valence-corrected chi connectivity index (χ2v) is 7.38. The molecule has 0 bridgehead atoms. The van der Waals surface area contributed by atoms with Crippen LogP contribution in [0.5, 0.6) is 5.75 Å². The van der Waals surface area contributed by atoms with Gasteiger partial charge in [0.15, 0.2) is 0 Å². The summed E-state index contributed by atoms with van der Waals surface area (Å²) in [5.41, 5.74) is 5.03. The third kappa shape index (κ3) is 7.56. The lowest BCUT2D eigenvalue weighted by Gasteiger charge is -2.10. The van der Waals surface area contributed by atoms with Gasteiger partial charge in [0.25, 0.3) is 0 Å². The molecule has 2 amide bonds. The zero-order valence-electron chi connectivity index (χ0n) is 17.5. The van der Waals surface area contributed by atoms with Crippen molar-refractivity contribution in [3.8, 4) is 5.75 Å². The van der Waals surface area contributed by atoms with Gasteiger partial charge in [0.2, 0.25) is 11.8 Å². The molecule has 32 heavy (non-hydrogen) atoms. The van der Waals surface area contributed by atoms with Gasteiger partial charge in [0.05, 0.1) is 6.21 Å². The first-order valence-corrected chi connectivity index (χ1v) is 10.6. The highest BCUT2D eigenvalue weighted by molar-refractivity contribution is 6.31. The van der Waals surface area contributed by atoms with E-state index in [-0.39, 0.29) is 24.7 Å². The molecule has 0 aromatic heterocycles. The van der Waals surface area contributed by atoms with Crippen LogP contribution in [0.2, 0.25) is 5.02 Å². The average Bonchev–Trinajstić information content (AvgIpc) is 2.82. The van der Waals surface area contributed by atoms with Crippen LogP contribution >= 0.6 is 11.6 Å². The molecule has 0 radical (unpaired) electrons. The van der Waals surface area contributed by atoms with Gasteiger partial charge in [0, 0.05) is 35.5 Å². The number of nitrogens with one attached hydrogen (secondary N) is 2. The van der Waals surface area contributed by atoms with Crippen LogP contribution in [0.15, 0.2) is 84.0 Å². The van der Waals surface area contributed by atoms with Crippen LogP contribution in [0.4, 0.5) is 0 Å². The van der Waals surface area contributed by atoms with E-state index >= 15 is 0 Å².